The molecule has 0 bridgehead atoms. The standard InChI is InChI=1S/C23H27N7O/c1-4-5-18-21-10-20(27-30(21)13-16(3)25-18)19-11-23(31)29-14-17(6-7-22(29)26-19)28-9-8-24-15(2)12-28/h6-7,10-11,13-15,24H,4-5,8-9,12H2,1-3H3/t15-/m1/s1. The largest absolute Gasteiger partial charge is 0.368 e. The maximum Gasteiger partial charge on any atom is 0.258 e. The van der Waals surface area contributed by atoms with Gasteiger partial charge in [-0.15, -0.1) is 0 Å². The molecule has 1 fully saturated rings. The van der Waals surface area contributed by atoms with E-state index in [9.17, 15) is 4.79 Å². The van der Waals surface area contributed by atoms with E-state index in [-0.39, 0.29) is 5.56 Å². The van der Waals surface area contributed by atoms with Crippen LogP contribution in [-0.4, -0.2) is 49.7 Å². The number of rotatable bonds is 4. The molecule has 1 N–H and O–H groups in total. The first-order valence-corrected chi connectivity index (χ1v) is 10.9. The molecule has 4 aromatic rings. The molecule has 5 rings (SSSR count). The van der Waals surface area contributed by atoms with Crippen molar-refractivity contribution in [3.63, 3.8) is 0 Å². The van der Waals surface area contributed by atoms with Crippen LogP contribution in [0.3, 0.4) is 0 Å². The van der Waals surface area contributed by atoms with Crippen LogP contribution in [0.1, 0.15) is 31.7 Å². The third-order valence-corrected chi connectivity index (χ3v) is 5.78. The van der Waals surface area contributed by atoms with Gasteiger partial charge in [-0.05, 0) is 38.5 Å². The summed E-state index contributed by atoms with van der Waals surface area (Å²) in [5, 5.41) is 8.13. The maximum atomic E-state index is 13.0. The van der Waals surface area contributed by atoms with Crippen molar-refractivity contribution in [2.45, 2.75) is 39.7 Å². The van der Waals surface area contributed by atoms with Gasteiger partial charge in [0, 0.05) is 37.9 Å². The predicted octanol–water partition coefficient (Wildman–Crippen LogP) is 2.46. The summed E-state index contributed by atoms with van der Waals surface area (Å²) in [6.07, 6.45) is 5.70. The first kappa shape index (κ1) is 19.7. The molecular formula is C23H27N7O. The van der Waals surface area contributed by atoms with Gasteiger partial charge in [0.1, 0.15) is 11.3 Å². The van der Waals surface area contributed by atoms with Crippen molar-refractivity contribution < 1.29 is 0 Å². The average molecular weight is 418 g/mol. The fourth-order valence-corrected chi connectivity index (χ4v) is 4.31. The Morgan fingerprint density at radius 2 is 2.03 bits per heavy atom. The lowest BCUT2D eigenvalue weighted by atomic mass is 10.2. The Hall–Kier alpha value is -3.26. The molecule has 0 amide bonds. The molecule has 1 aliphatic rings. The van der Waals surface area contributed by atoms with Crippen molar-refractivity contribution in [1.82, 2.24) is 29.3 Å². The Labute approximate surface area is 180 Å². The van der Waals surface area contributed by atoms with E-state index in [1.165, 1.54) is 0 Å². The molecule has 0 saturated carbocycles. The molecule has 1 saturated heterocycles. The Morgan fingerprint density at radius 3 is 2.84 bits per heavy atom. The minimum atomic E-state index is -0.106. The van der Waals surface area contributed by atoms with E-state index in [0.29, 0.717) is 23.1 Å². The molecule has 8 heteroatoms. The SMILES string of the molecule is CCCc1nc(C)cn2nc(-c3cc(=O)n4cc(N5CCN[C@H](C)C5)ccc4n3)cc12. The number of hydrogen-bond donors (Lipinski definition) is 1. The zero-order chi connectivity index (χ0) is 21.5. The second-order valence-corrected chi connectivity index (χ2v) is 8.33. The Morgan fingerprint density at radius 1 is 1.16 bits per heavy atom. The zero-order valence-corrected chi connectivity index (χ0v) is 18.2. The quantitative estimate of drug-likeness (QED) is 0.550. The van der Waals surface area contributed by atoms with Crippen LogP contribution in [0.25, 0.3) is 22.6 Å². The maximum absolute atomic E-state index is 13.0. The van der Waals surface area contributed by atoms with Crippen molar-refractivity contribution in [1.29, 1.82) is 0 Å². The third kappa shape index (κ3) is 3.67. The summed E-state index contributed by atoms with van der Waals surface area (Å²) in [4.78, 5) is 24.7. The van der Waals surface area contributed by atoms with E-state index in [1.807, 2.05) is 42.0 Å². The molecule has 31 heavy (non-hydrogen) atoms. The number of piperazine rings is 1. The van der Waals surface area contributed by atoms with Crippen LogP contribution in [0.5, 0.6) is 0 Å². The fraction of sp³-hybridized carbons (Fsp3) is 0.391. The van der Waals surface area contributed by atoms with Gasteiger partial charge in [-0.3, -0.25) is 14.2 Å². The highest BCUT2D eigenvalue weighted by Gasteiger charge is 2.17. The van der Waals surface area contributed by atoms with E-state index >= 15 is 0 Å². The highest BCUT2D eigenvalue weighted by molar-refractivity contribution is 5.66. The Bertz CT molecular complexity index is 1320. The van der Waals surface area contributed by atoms with Gasteiger partial charge in [0.2, 0.25) is 0 Å². The molecule has 0 aromatic carbocycles. The van der Waals surface area contributed by atoms with Crippen LogP contribution in [0.15, 0.2) is 41.5 Å². The minimum absolute atomic E-state index is 0.106. The number of anilines is 1. The lowest BCUT2D eigenvalue weighted by molar-refractivity contribution is 0.484. The van der Waals surface area contributed by atoms with Gasteiger partial charge < -0.3 is 10.2 Å². The molecule has 5 heterocycles. The van der Waals surface area contributed by atoms with Crippen molar-refractivity contribution >= 4 is 16.9 Å². The number of nitrogens with one attached hydrogen (secondary N) is 1. The highest BCUT2D eigenvalue weighted by Crippen LogP contribution is 2.22. The van der Waals surface area contributed by atoms with Crippen molar-refractivity contribution in [2.24, 2.45) is 0 Å². The number of aromatic nitrogens is 5. The van der Waals surface area contributed by atoms with Crippen molar-refractivity contribution in [2.75, 3.05) is 24.5 Å². The van der Waals surface area contributed by atoms with E-state index in [2.05, 4.69) is 34.1 Å². The lowest BCUT2D eigenvalue weighted by Gasteiger charge is -2.33. The Balaban J connectivity index is 1.56. The first-order chi connectivity index (χ1) is 15.0. The number of aryl methyl sites for hydroxylation is 2. The summed E-state index contributed by atoms with van der Waals surface area (Å²) >= 11 is 0. The van der Waals surface area contributed by atoms with E-state index in [0.717, 1.165) is 55.1 Å². The highest BCUT2D eigenvalue weighted by atomic mass is 16.1. The van der Waals surface area contributed by atoms with Crippen LogP contribution in [-0.2, 0) is 6.42 Å². The molecule has 0 radical (unpaired) electrons. The van der Waals surface area contributed by atoms with Gasteiger partial charge in [-0.2, -0.15) is 5.10 Å². The van der Waals surface area contributed by atoms with E-state index < -0.39 is 0 Å². The van der Waals surface area contributed by atoms with Crippen LogP contribution in [0.2, 0.25) is 0 Å². The number of pyridine rings is 1. The number of fused-ring (bicyclic) bond motifs is 2. The van der Waals surface area contributed by atoms with E-state index in [4.69, 9.17) is 4.98 Å². The van der Waals surface area contributed by atoms with Gasteiger partial charge in [0.05, 0.1) is 34.5 Å². The number of nitrogens with zero attached hydrogens (tertiary/aromatic N) is 6. The molecular weight excluding hydrogens is 390 g/mol. The summed E-state index contributed by atoms with van der Waals surface area (Å²) in [6, 6.07) is 7.93. The molecule has 4 aromatic heterocycles. The normalized spacial score (nSPS) is 17.0. The topological polar surface area (TPSA) is 79.8 Å². The van der Waals surface area contributed by atoms with Gasteiger partial charge in [0.25, 0.3) is 5.56 Å². The van der Waals surface area contributed by atoms with Gasteiger partial charge >= 0.3 is 0 Å². The minimum Gasteiger partial charge on any atom is -0.368 e. The van der Waals surface area contributed by atoms with Crippen molar-refractivity contribution in [3.05, 3.63) is 58.4 Å². The molecule has 1 aliphatic heterocycles. The monoisotopic (exact) mass is 417 g/mol. The zero-order valence-electron chi connectivity index (χ0n) is 18.2. The number of hydrogen-bond acceptors (Lipinski definition) is 6. The molecule has 0 unspecified atom stereocenters. The lowest BCUT2D eigenvalue weighted by Crippen LogP contribution is -2.49. The summed E-state index contributed by atoms with van der Waals surface area (Å²) in [6.45, 7) is 9.06. The second-order valence-electron chi connectivity index (χ2n) is 8.33. The Kier molecular flexibility index (Phi) is 4.94. The molecule has 8 nitrogen and oxygen atoms in total. The molecule has 0 aliphatic carbocycles. The van der Waals surface area contributed by atoms with Gasteiger partial charge in [-0.25, -0.2) is 9.50 Å². The molecule has 160 valence electrons. The van der Waals surface area contributed by atoms with Crippen LogP contribution in [0, 0.1) is 6.92 Å². The predicted molar refractivity (Wildman–Crippen MR) is 122 cm³/mol. The summed E-state index contributed by atoms with van der Waals surface area (Å²) in [7, 11) is 0. The third-order valence-electron chi connectivity index (χ3n) is 5.78. The van der Waals surface area contributed by atoms with Crippen LogP contribution in [0.4, 0.5) is 5.69 Å². The van der Waals surface area contributed by atoms with Crippen LogP contribution < -0.4 is 15.8 Å². The van der Waals surface area contributed by atoms with Crippen LogP contribution >= 0.6 is 0 Å². The summed E-state index contributed by atoms with van der Waals surface area (Å²) in [5.41, 5.74) is 5.73. The average Bonchev–Trinajstić information content (AvgIpc) is 3.18. The van der Waals surface area contributed by atoms with Gasteiger partial charge in [0.15, 0.2) is 0 Å². The fourth-order valence-electron chi connectivity index (χ4n) is 4.31. The molecule has 1 atom stereocenters. The smallest absolute Gasteiger partial charge is 0.258 e. The summed E-state index contributed by atoms with van der Waals surface area (Å²) in [5.74, 6) is 0. The molecule has 0 spiro atoms. The first-order valence-electron chi connectivity index (χ1n) is 10.9. The second kappa shape index (κ2) is 7.77. The van der Waals surface area contributed by atoms with Crippen molar-refractivity contribution in [3.8, 4) is 11.4 Å². The van der Waals surface area contributed by atoms with Gasteiger partial charge in [-0.1, -0.05) is 13.3 Å². The summed E-state index contributed by atoms with van der Waals surface area (Å²) < 4.78 is 3.47. The van der Waals surface area contributed by atoms with E-state index in [1.54, 1.807) is 10.5 Å².